The number of hydrogen-bond acceptors (Lipinski definition) is 1. The summed E-state index contributed by atoms with van der Waals surface area (Å²) < 4.78 is 5.86. The van der Waals surface area contributed by atoms with Crippen LogP contribution in [-0.4, -0.2) is 6.61 Å². The minimum Gasteiger partial charge on any atom is -0.494 e. The molecule has 0 radical (unpaired) electrons. The van der Waals surface area contributed by atoms with Crippen LogP contribution in [0.5, 0.6) is 5.75 Å². The zero-order valence-electron chi connectivity index (χ0n) is 20.7. The summed E-state index contributed by atoms with van der Waals surface area (Å²) in [7, 11) is 0. The topological polar surface area (TPSA) is 9.23 Å². The van der Waals surface area contributed by atoms with Gasteiger partial charge in [0.25, 0.3) is 0 Å². The molecule has 174 valence electrons. The molecule has 0 saturated carbocycles. The molecule has 0 atom stereocenters. The lowest BCUT2D eigenvalue weighted by Crippen LogP contribution is -1.97. The van der Waals surface area contributed by atoms with Crippen LogP contribution in [0.4, 0.5) is 0 Å². The van der Waals surface area contributed by atoms with Gasteiger partial charge in [-0.05, 0) is 72.0 Å². The number of hydrogen-bond donors (Lipinski definition) is 0. The third-order valence-electron chi connectivity index (χ3n) is 6.20. The van der Waals surface area contributed by atoms with Gasteiger partial charge in [0, 0.05) is 11.1 Å². The van der Waals surface area contributed by atoms with Crippen molar-refractivity contribution in [3.63, 3.8) is 0 Å². The Balaban J connectivity index is 1.51. The fraction of sp³-hybridized carbons (Fsp3) is 0.438. The molecular formula is C32H40O. The van der Waals surface area contributed by atoms with E-state index in [-0.39, 0.29) is 0 Å². The van der Waals surface area contributed by atoms with Crippen LogP contribution in [0.2, 0.25) is 0 Å². The van der Waals surface area contributed by atoms with Gasteiger partial charge in [-0.2, -0.15) is 0 Å². The maximum absolute atomic E-state index is 5.86. The van der Waals surface area contributed by atoms with Crippen LogP contribution >= 0.6 is 0 Å². The summed E-state index contributed by atoms with van der Waals surface area (Å²) in [5, 5.41) is 2.57. The van der Waals surface area contributed by atoms with Crippen molar-refractivity contribution in [1.29, 1.82) is 0 Å². The maximum atomic E-state index is 5.86. The van der Waals surface area contributed by atoms with E-state index in [1.165, 1.54) is 80.5 Å². The molecular weight excluding hydrogens is 400 g/mol. The van der Waals surface area contributed by atoms with Crippen LogP contribution in [-0.2, 0) is 6.42 Å². The largest absolute Gasteiger partial charge is 0.494 e. The van der Waals surface area contributed by atoms with Gasteiger partial charge in [-0.25, -0.2) is 0 Å². The van der Waals surface area contributed by atoms with E-state index in [1.54, 1.807) is 0 Å². The molecule has 0 aromatic heterocycles. The monoisotopic (exact) mass is 440 g/mol. The fourth-order valence-electron chi connectivity index (χ4n) is 4.14. The molecule has 0 N–H and O–H groups in total. The van der Waals surface area contributed by atoms with Crippen LogP contribution in [0.1, 0.15) is 94.7 Å². The van der Waals surface area contributed by atoms with Gasteiger partial charge in [0.15, 0.2) is 0 Å². The second kappa shape index (κ2) is 14.4. The first kappa shape index (κ1) is 24.9. The Kier molecular flexibility index (Phi) is 10.9. The van der Waals surface area contributed by atoms with Crippen molar-refractivity contribution in [2.75, 3.05) is 6.61 Å². The van der Waals surface area contributed by atoms with E-state index in [9.17, 15) is 0 Å². The lowest BCUT2D eigenvalue weighted by atomic mass is 10.0. The lowest BCUT2D eigenvalue weighted by Gasteiger charge is -2.06. The highest BCUT2D eigenvalue weighted by Crippen LogP contribution is 2.20. The Morgan fingerprint density at radius 2 is 1.18 bits per heavy atom. The highest BCUT2D eigenvalue weighted by Gasteiger charge is 1.99. The Bertz CT molecular complexity index is 1020. The molecule has 0 unspecified atom stereocenters. The quantitative estimate of drug-likeness (QED) is 0.190. The molecule has 0 heterocycles. The third kappa shape index (κ3) is 8.97. The molecule has 0 fully saturated rings. The number of unbranched alkanes of at least 4 members (excludes halogenated alkanes) is 8. The molecule has 1 nitrogen and oxygen atoms in total. The smallest absolute Gasteiger partial charge is 0.119 e. The first-order valence-corrected chi connectivity index (χ1v) is 13.1. The number of benzene rings is 3. The van der Waals surface area contributed by atoms with Crippen LogP contribution < -0.4 is 4.74 Å². The summed E-state index contributed by atoms with van der Waals surface area (Å²) in [6, 6.07) is 21.6. The van der Waals surface area contributed by atoms with Crippen molar-refractivity contribution in [1.82, 2.24) is 0 Å². The molecule has 0 aliphatic carbocycles. The number of rotatable bonds is 13. The normalized spacial score (nSPS) is 10.7. The zero-order valence-corrected chi connectivity index (χ0v) is 20.7. The first-order chi connectivity index (χ1) is 16.3. The third-order valence-corrected chi connectivity index (χ3v) is 6.20. The van der Waals surface area contributed by atoms with Crippen molar-refractivity contribution in [3.05, 3.63) is 77.4 Å². The first-order valence-electron chi connectivity index (χ1n) is 13.1. The minimum absolute atomic E-state index is 0.798. The number of fused-ring (bicyclic) bond motifs is 1. The van der Waals surface area contributed by atoms with Gasteiger partial charge in [-0.15, -0.1) is 0 Å². The summed E-state index contributed by atoms with van der Waals surface area (Å²) in [6.45, 7) is 5.31. The van der Waals surface area contributed by atoms with Crippen molar-refractivity contribution >= 4 is 10.8 Å². The Morgan fingerprint density at radius 3 is 1.94 bits per heavy atom. The van der Waals surface area contributed by atoms with Crippen molar-refractivity contribution < 1.29 is 4.74 Å². The minimum atomic E-state index is 0.798. The van der Waals surface area contributed by atoms with Crippen molar-refractivity contribution in [3.8, 4) is 17.6 Å². The Hall–Kier alpha value is -2.72. The van der Waals surface area contributed by atoms with Crippen LogP contribution in [0.3, 0.4) is 0 Å². The molecule has 0 aliphatic rings. The van der Waals surface area contributed by atoms with Crippen LogP contribution in [0.25, 0.3) is 10.8 Å². The van der Waals surface area contributed by atoms with E-state index in [1.807, 2.05) is 24.3 Å². The highest BCUT2D eigenvalue weighted by atomic mass is 16.5. The molecule has 3 aromatic carbocycles. The van der Waals surface area contributed by atoms with Gasteiger partial charge >= 0.3 is 0 Å². The fourth-order valence-corrected chi connectivity index (χ4v) is 4.14. The summed E-state index contributed by atoms with van der Waals surface area (Å²) in [5.74, 6) is 7.55. The van der Waals surface area contributed by atoms with E-state index in [0.717, 1.165) is 29.9 Å². The SMILES string of the molecule is CCCCCCCOc1ccc(C#Cc2ccc3cc(CCCCCCC)ccc3c2)cc1. The van der Waals surface area contributed by atoms with Crippen molar-refractivity contribution in [2.24, 2.45) is 0 Å². The molecule has 0 spiro atoms. The maximum Gasteiger partial charge on any atom is 0.119 e. The predicted octanol–water partition coefficient (Wildman–Crippen LogP) is 9.10. The molecule has 0 amide bonds. The molecule has 33 heavy (non-hydrogen) atoms. The zero-order chi connectivity index (χ0) is 23.1. The Labute approximate surface area is 201 Å². The molecule has 0 aliphatic heterocycles. The molecule has 1 heteroatoms. The van der Waals surface area contributed by atoms with Gasteiger partial charge in [0.1, 0.15) is 5.75 Å². The Morgan fingerprint density at radius 1 is 0.576 bits per heavy atom. The average Bonchev–Trinajstić information content (AvgIpc) is 2.85. The number of aryl methyl sites for hydroxylation is 1. The standard InChI is InChI=1S/C32H40O/c1-3-5-7-9-11-13-28-16-20-31-26-29(17-21-30(31)25-28)15-14-27-18-22-32(23-19-27)33-24-12-10-8-6-4-2/h16-23,25-26H,3-13,24H2,1-2H3. The van der Waals surface area contributed by atoms with Gasteiger partial charge in [-0.1, -0.05) is 101 Å². The van der Waals surface area contributed by atoms with Gasteiger partial charge < -0.3 is 4.74 Å². The van der Waals surface area contributed by atoms with Crippen LogP contribution in [0.15, 0.2) is 60.7 Å². The van der Waals surface area contributed by atoms with Gasteiger partial charge in [-0.3, -0.25) is 0 Å². The van der Waals surface area contributed by atoms with Gasteiger partial charge in [0.2, 0.25) is 0 Å². The van der Waals surface area contributed by atoms with E-state index in [4.69, 9.17) is 4.74 Å². The van der Waals surface area contributed by atoms with E-state index in [2.05, 4.69) is 62.1 Å². The predicted molar refractivity (Wildman–Crippen MR) is 143 cm³/mol. The van der Waals surface area contributed by atoms with E-state index >= 15 is 0 Å². The van der Waals surface area contributed by atoms with E-state index in [0.29, 0.717) is 0 Å². The summed E-state index contributed by atoms with van der Waals surface area (Å²) in [5.41, 5.74) is 3.52. The van der Waals surface area contributed by atoms with Gasteiger partial charge in [0.05, 0.1) is 6.61 Å². The second-order valence-corrected chi connectivity index (χ2v) is 9.10. The molecule has 0 bridgehead atoms. The highest BCUT2D eigenvalue weighted by molar-refractivity contribution is 5.84. The number of ether oxygens (including phenoxy) is 1. The molecule has 3 rings (SSSR count). The average molecular weight is 441 g/mol. The lowest BCUT2D eigenvalue weighted by molar-refractivity contribution is 0.304. The summed E-state index contributed by atoms with van der Waals surface area (Å²) in [4.78, 5) is 0. The summed E-state index contributed by atoms with van der Waals surface area (Å²) >= 11 is 0. The second-order valence-electron chi connectivity index (χ2n) is 9.10. The van der Waals surface area contributed by atoms with Crippen molar-refractivity contribution in [2.45, 2.75) is 84.5 Å². The molecule has 3 aromatic rings. The van der Waals surface area contributed by atoms with Crippen LogP contribution in [0, 0.1) is 11.8 Å². The molecule has 0 saturated heterocycles. The summed E-state index contributed by atoms with van der Waals surface area (Å²) in [6.07, 6.45) is 14.1. The van der Waals surface area contributed by atoms with E-state index < -0.39 is 0 Å².